The monoisotopic (exact) mass is 453 g/mol. The Kier molecular flexibility index (Phi) is 6.41. The average molecular weight is 454 g/mol. The number of fused-ring (bicyclic) bond motifs is 1. The molecule has 7 heteroatoms. The van der Waals surface area contributed by atoms with Gasteiger partial charge in [-0.05, 0) is 80.7 Å². The lowest BCUT2D eigenvalue weighted by atomic mass is 9.73. The quantitative estimate of drug-likeness (QED) is 0.619. The van der Waals surface area contributed by atoms with E-state index in [0.29, 0.717) is 24.6 Å². The molecule has 2 N–H and O–H groups in total. The first-order valence-electron chi connectivity index (χ1n) is 12.7. The summed E-state index contributed by atoms with van der Waals surface area (Å²) in [6.07, 6.45) is 9.38. The fraction of sp³-hybridized carbons (Fsp3) is 0.654. The van der Waals surface area contributed by atoms with E-state index in [2.05, 4.69) is 17.6 Å². The van der Waals surface area contributed by atoms with Gasteiger partial charge in [0.25, 0.3) is 5.91 Å². The maximum absolute atomic E-state index is 12.9. The smallest absolute Gasteiger partial charge is 0.255 e. The van der Waals surface area contributed by atoms with Gasteiger partial charge < -0.3 is 15.0 Å². The third kappa shape index (κ3) is 4.65. The Hall–Kier alpha value is -2.41. The third-order valence-corrected chi connectivity index (χ3v) is 8.06. The predicted molar refractivity (Wildman–Crippen MR) is 124 cm³/mol. The summed E-state index contributed by atoms with van der Waals surface area (Å²) in [7, 11) is 0. The molecule has 3 atom stereocenters. The largest absolute Gasteiger partial charge is 0.489 e. The number of benzene rings is 1. The number of carbonyl (C=O) groups is 3. The van der Waals surface area contributed by atoms with Crippen LogP contribution in [0.25, 0.3) is 0 Å². The lowest BCUT2D eigenvalue weighted by Crippen LogP contribution is -2.52. The molecule has 1 aromatic carbocycles. The molecule has 1 unspecified atom stereocenters. The van der Waals surface area contributed by atoms with Crippen LogP contribution in [0.2, 0.25) is 0 Å². The molecule has 3 amide bonds. The summed E-state index contributed by atoms with van der Waals surface area (Å²) < 4.78 is 6.45. The summed E-state index contributed by atoms with van der Waals surface area (Å²) in [4.78, 5) is 38.2. The normalized spacial score (nSPS) is 31.7. The van der Waals surface area contributed by atoms with E-state index in [1.54, 1.807) is 4.90 Å². The van der Waals surface area contributed by atoms with Gasteiger partial charge in [0.15, 0.2) is 0 Å². The second-order valence-electron chi connectivity index (χ2n) is 10.3. The molecule has 33 heavy (non-hydrogen) atoms. The fourth-order valence-electron chi connectivity index (χ4n) is 5.96. The Morgan fingerprint density at radius 2 is 1.91 bits per heavy atom. The molecule has 5 rings (SSSR count). The van der Waals surface area contributed by atoms with Crippen molar-refractivity contribution in [3.63, 3.8) is 0 Å². The Bertz CT molecular complexity index is 926. The predicted octanol–water partition coefficient (Wildman–Crippen LogP) is 3.16. The summed E-state index contributed by atoms with van der Waals surface area (Å²) in [5.74, 6) is 1.73. The van der Waals surface area contributed by atoms with Crippen molar-refractivity contribution in [3.05, 3.63) is 29.3 Å². The standard InChI is InChI=1S/C26H35N3O4/c1-2-16-11-17(12-16)14-27-21-5-3-4-6-23(21)33-19-7-8-20-18(13-19)15-29(26(20)32)22-9-10-24(30)28-25(22)31/h7-8,13,16-17,21-23,27H,2-6,9-12,14-15H2,1H3,(H,28,30,31)/t16?,17?,21-,22?,23+/m1/s1. The second-order valence-corrected chi connectivity index (χ2v) is 10.3. The van der Waals surface area contributed by atoms with Crippen molar-refractivity contribution >= 4 is 17.7 Å². The van der Waals surface area contributed by atoms with Gasteiger partial charge in [0.1, 0.15) is 17.9 Å². The molecule has 7 nitrogen and oxygen atoms in total. The molecule has 1 saturated heterocycles. The highest BCUT2D eigenvalue weighted by Crippen LogP contribution is 2.36. The number of rotatable bonds is 7. The first kappa shape index (κ1) is 22.4. The number of hydrogen-bond donors (Lipinski definition) is 2. The van der Waals surface area contributed by atoms with Crippen LogP contribution in [0.3, 0.4) is 0 Å². The van der Waals surface area contributed by atoms with Crippen molar-refractivity contribution in [1.82, 2.24) is 15.5 Å². The number of imide groups is 1. The molecule has 4 aliphatic rings. The Morgan fingerprint density at radius 3 is 2.70 bits per heavy atom. The highest BCUT2D eigenvalue weighted by molar-refractivity contribution is 6.05. The van der Waals surface area contributed by atoms with Gasteiger partial charge in [0.05, 0.1) is 0 Å². The molecule has 2 heterocycles. The number of ether oxygens (including phenoxy) is 1. The van der Waals surface area contributed by atoms with Crippen molar-refractivity contribution in [1.29, 1.82) is 0 Å². The SMILES string of the molecule is CCC1CC(CN[C@@H]2CCCC[C@@H]2Oc2ccc3c(c2)CN(C2CCC(=O)NC2=O)C3=O)C1. The van der Waals surface area contributed by atoms with Crippen LogP contribution in [-0.4, -0.2) is 47.4 Å². The Balaban J connectivity index is 1.21. The van der Waals surface area contributed by atoms with E-state index in [-0.39, 0.29) is 30.2 Å². The summed E-state index contributed by atoms with van der Waals surface area (Å²) >= 11 is 0. The van der Waals surface area contributed by atoms with Crippen LogP contribution in [0, 0.1) is 11.8 Å². The summed E-state index contributed by atoms with van der Waals surface area (Å²) in [6.45, 7) is 3.75. The molecule has 0 bridgehead atoms. The highest BCUT2D eigenvalue weighted by atomic mass is 16.5. The van der Waals surface area contributed by atoms with Crippen LogP contribution in [0.5, 0.6) is 5.75 Å². The van der Waals surface area contributed by atoms with Gasteiger partial charge in [-0.1, -0.05) is 19.8 Å². The van der Waals surface area contributed by atoms with Gasteiger partial charge in [-0.2, -0.15) is 0 Å². The summed E-state index contributed by atoms with van der Waals surface area (Å²) in [5, 5.41) is 6.15. The minimum Gasteiger partial charge on any atom is -0.489 e. The van der Waals surface area contributed by atoms with Crippen molar-refractivity contribution in [2.24, 2.45) is 11.8 Å². The van der Waals surface area contributed by atoms with E-state index >= 15 is 0 Å². The number of nitrogens with one attached hydrogen (secondary N) is 2. The first-order valence-corrected chi connectivity index (χ1v) is 12.7. The molecule has 178 valence electrons. The molecule has 0 spiro atoms. The molecule has 0 radical (unpaired) electrons. The van der Waals surface area contributed by atoms with Crippen LogP contribution in [-0.2, 0) is 16.1 Å². The van der Waals surface area contributed by atoms with E-state index in [0.717, 1.165) is 42.5 Å². The molecule has 2 aliphatic heterocycles. The van der Waals surface area contributed by atoms with Gasteiger partial charge in [0.2, 0.25) is 11.8 Å². The van der Waals surface area contributed by atoms with Crippen molar-refractivity contribution in [2.45, 2.75) is 89.4 Å². The average Bonchev–Trinajstić information content (AvgIpc) is 3.09. The first-order chi connectivity index (χ1) is 16.0. The zero-order valence-corrected chi connectivity index (χ0v) is 19.5. The topological polar surface area (TPSA) is 87.7 Å². The zero-order valence-electron chi connectivity index (χ0n) is 19.5. The van der Waals surface area contributed by atoms with Crippen molar-refractivity contribution in [2.75, 3.05) is 6.54 Å². The van der Waals surface area contributed by atoms with Crippen molar-refractivity contribution < 1.29 is 19.1 Å². The fourth-order valence-corrected chi connectivity index (χ4v) is 5.96. The minimum absolute atomic E-state index is 0.141. The second kappa shape index (κ2) is 9.45. The van der Waals surface area contributed by atoms with Gasteiger partial charge in [-0.15, -0.1) is 0 Å². The molecular formula is C26H35N3O4. The molecule has 1 aromatic rings. The Labute approximate surface area is 195 Å². The van der Waals surface area contributed by atoms with Crippen LogP contribution in [0.4, 0.5) is 0 Å². The zero-order chi connectivity index (χ0) is 22.9. The van der Waals surface area contributed by atoms with Gasteiger partial charge >= 0.3 is 0 Å². The molecular weight excluding hydrogens is 418 g/mol. The number of nitrogens with zero attached hydrogens (tertiary/aromatic N) is 1. The van der Waals surface area contributed by atoms with Crippen LogP contribution < -0.4 is 15.4 Å². The molecule has 0 aromatic heterocycles. The maximum atomic E-state index is 12.9. The number of piperidine rings is 1. The Morgan fingerprint density at radius 1 is 1.09 bits per heavy atom. The minimum atomic E-state index is -0.585. The van der Waals surface area contributed by atoms with E-state index in [4.69, 9.17) is 4.74 Å². The van der Waals surface area contributed by atoms with Crippen LogP contribution in [0.15, 0.2) is 18.2 Å². The lowest BCUT2D eigenvalue weighted by molar-refractivity contribution is -0.136. The number of hydrogen-bond acceptors (Lipinski definition) is 5. The van der Waals surface area contributed by atoms with E-state index in [1.165, 1.54) is 32.1 Å². The third-order valence-electron chi connectivity index (χ3n) is 8.06. The lowest BCUT2D eigenvalue weighted by Gasteiger charge is -2.38. The van der Waals surface area contributed by atoms with Crippen molar-refractivity contribution in [3.8, 4) is 5.75 Å². The van der Waals surface area contributed by atoms with E-state index in [9.17, 15) is 14.4 Å². The van der Waals surface area contributed by atoms with E-state index < -0.39 is 6.04 Å². The molecule has 2 saturated carbocycles. The number of carbonyl (C=O) groups excluding carboxylic acids is 3. The summed E-state index contributed by atoms with van der Waals surface area (Å²) in [5.41, 5.74) is 1.52. The molecule has 2 aliphatic carbocycles. The van der Waals surface area contributed by atoms with Crippen LogP contribution >= 0.6 is 0 Å². The maximum Gasteiger partial charge on any atom is 0.255 e. The molecule has 3 fully saturated rings. The van der Waals surface area contributed by atoms with Gasteiger partial charge in [-0.3, -0.25) is 19.7 Å². The van der Waals surface area contributed by atoms with Gasteiger partial charge in [-0.25, -0.2) is 0 Å². The van der Waals surface area contributed by atoms with Crippen LogP contribution in [0.1, 0.15) is 80.6 Å². The highest BCUT2D eigenvalue weighted by Gasteiger charge is 2.39. The summed E-state index contributed by atoms with van der Waals surface area (Å²) in [6, 6.07) is 5.45. The number of amides is 3. The van der Waals surface area contributed by atoms with E-state index in [1.807, 2.05) is 18.2 Å². The van der Waals surface area contributed by atoms with Gasteiger partial charge in [0, 0.05) is 24.6 Å².